The Balaban J connectivity index is 2.44. The molecule has 186 valence electrons. The summed E-state index contributed by atoms with van der Waals surface area (Å²) in [5, 5.41) is 0. The van der Waals surface area contributed by atoms with Crippen LogP contribution in [0.2, 0.25) is 0 Å². The second kappa shape index (κ2) is 9.82. The summed E-state index contributed by atoms with van der Waals surface area (Å²) in [6.07, 6.45) is 4.63. The fourth-order valence-electron chi connectivity index (χ4n) is 4.79. The van der Waals surface area contributed by atoms with Gasteiger partial charge in [0.15, 0.2) is 0 Å². The Labute approximate surface area is 206 Å². The molecular formula is C27H32N2O6. The van der Waals surface area contributed by atoms with Crippen molar-refractivity contribution in [1.29, 1.82) is 0 Å². The van der Waals surface area contributed by atoms with Gasteiger partial charge >= 0.3 is 18.0 Å². The number of nitrogens with zero attached hydrogens (tertiary/aromatic N) is 2. The monoisotopic (exact) mass is 480 g/mol. The first-order valence-corrected chi connectivity index (χ1v) is 11.3. The zero-order valence-corrected chi connectivity index (χ0v) is 20.9. The number of carbonyl (C=O) groups is 3. The first-order valence-electron chi connectivity index (χ1n) is 11.3. The summed E-state index contributed by atoms with van der Waals surface area (Å²) in [4.78, 5) is 43.2. The highest BCUT2D eigenvalue weighted by Gasteiger charge is 2.58. The summed E-state index contributed by atoms with van der Waals surface area (Å²) >= 11 is 0. The Hall–Kier alpha value is -3.81. The van der Waals surface area contributed by atoms with Crippen molar-refractivity contribution in [1.82, 2.24) is 4.90 Å². The molecule has 35 heavy (non-hydrogen) atoms. The van der Waals surface area contributed by atoms with Crippen molar-refractivity contribution in [3.05, 3.63) is 78.2 Å². The van der Waals surface area contributed by atoms with Gasteiger partial charge in [-0.05, 0) is 44.9 Å². The first kappa shape index (κ1) is 25.8. The van der Waals surface area contributed by atoms with Crippen molar-refractivity contribution in [2.24, 2.45) is 0 Å². The number of carbonyl (C=O) groups excluding carboxylic acids is 3. The smallest absolute Gasteiger partial charge is 0.419 e. The summed E-state index contributed by atoms with van der Waals surface area (Å²) in [7, 11) is 2.52. The number of ether oxygens (including phenoxy) is 3. The number of hydrogen-bond donors (Lipinski definition) is 0. The van der Waals surface area contributed by atoms with E-state index in [1.54, 1.807) is 56.0 Å². The number of hydrogen-bond acceptors (Lipinski definition) is 7. The van der Waals surface area contributed by atoms with Gasteiger partial charge in [0.1, 0.15) is 11.3 Å². The Morgan fingerprint density at radius 1 is 1.09 bits per heavy atom. The van der Waals surface area contributed by atoms with E-state index >= 15 is 0 Å². The molecule has 2 aliphatic heterocycles. The largest absolute Gasteiger partial charge is 0.466 e. The molecule has 0 aromatic heterocycles. The van der Waals surface area contributed by atoms with Gasteiger partial charge in [0.2, 0.25) is 0 Å². The van der Waals surface area contributed by atoms with E-state index in [9.17, 15) is 14.4 Å². The van der Waals surface area contributed by atoms with E-state index in [1.165, 1.54) is 19.1 Å². The molecule has 0 bridgehead atoms. The summed E-state index contributed by atoms with van der Waals surface area (Å²) in [6.45, 7) is 13.7. The molecule has 1 amide bonds. The molecule has 0 saturated carbocycles. The second-order valence-corrected chi connectivity index (χ2v) is 9.22. The molecule has 0 fully saturated rings. The van der Waals surface area contributed by atoms with E-state index in [0.29, 0.717) is 36.5 Å². The Morgan fingerprint density at radius 2 is 1.74 bits per heavy atom. The van der Waals surface area contributed by atoms with Crippen LogP contribution in [0.5, 0.6) is 0 Å². The number of fused-ring (bicyclic) bond motifs is 2. The van der Waals surface area contributed by atoms with Gasteiger partial charge in [0.25, 0.3) is 0 Å². The molecule has 0 N–H and O–H groups in total. The van der Waals surface area contributed by atoms with Gasteiger partial charge in [-0.1, -0.05) is 36.9 Å². The molecule has 0 radical (unpaired) electrons. The number of allylic oxidation sites excluding steroid dienone is 3. The SMILES string of the molecule is C=C/C=C1\N(C(=O)OC(C)(C)C)c2ccccc2C12CCN(CC=C)C(C(=O)OC)=C2C(=O)OC. The lowest BCUT2D eigenvalue weighted by atomic mass is 9.67. The fraction of sp³-hybridized carbons (Fsp3) is 0.370. The predicted octanol–water partition coefficient (Wildman–Crippen LogP) is 4.24. The number of anilines is 1. The van der Waals surface area contributed by atoms with Crippen LogP contribution in [0.25, 0.3) is 0 Å². The van der Waals surface area contributed by atoms with Crippen LogP contribution in [0.3, 0.4) is 0 Å². The minimum atomic E-state index is -1.18. The number of amides is 1. The average molecular weight is 481 g/mol. The molecule has 1 aromatic rings. The highest BCUT2D eigenvalue weighted by molar-refractivity contribution is 6.07. The van der Waals surface area contributed by atoms with Crippen molar-refractivity contribution >= 4 is 23.7 Å². The van der Waals surface area contributed by atoms with Gasteiger partial charge in [-0.15, -0.1) is 6.58 Å². The molecule has 1 atom stereocenters. The number of benzene rings is 1. The zero-order chi connectivity index (χ0) is 26.0. The maximum Gasteiger partial charge on any atom is 0.419 e. The van der Waals surface area contributed by atoms with Crippen LogP contribution >= 0.6 is 0 Å². The normalized spacial score (nSPS) is 20.5. The Kier molecular flexibility index (Phi) is 7.24. The van der Waals surface area contributed by atoms with Crippen molar-refractivity contribution in [3.8, 4) is 0 Å². The third-order valence-electron chi connectivity index (χ3n) is 5.99. The minimum absolute atomic E-state index is 0.0707. The number of esters is 2. The molecule has 3 rings (SSSR count). The first-order chi connectivity index (χ1) is 16.6. The molecule has 8 heteroatoms. The van der Waals surface area contributed by atoms with E-state index < -0.39 is 29.0 Å². The predicted molar refractivity (Wildman–Crippen MR) is 133 cm³/mol. The highest BCUT2D eigenvalue weighted by Crippen LogP contribution is 2.57. The standard InChI is InChI=1S/C27H32N2O6/c1-8-12-20-27(18-13-10-11-14-19(18)29(20)25(32)35-26(3,4)5)15-17-28(16-9-2)22(24(31)34-7)21(27)23(30)33-6/h8-14H,1-2,15-17H2,3-7H3/b20-12-. The fourth-order valence-corrected chi connectivity index (χ4v) is 4.79. The van der Waals surface area contributed by atoms with Crippen molar-refractivity contribution in [2.75, 3.05) is 32.2 Å². The van der Waals surface area contributed by atoms with Crippen molar-refractivity contribution < 1.29 is 28.6 Å². The topological polar surface area (TPSA) is 85.4 Å². The quantitative estimate of drug-likeness (QED) is 0.354. The average Bonchev–Trinajstić information content (AvgIpc) is 3.08. The summed E-state index contributed by atoms with van der Waals surface area (Å²) in [6, 6.07) is 7.26. The lowest BCUT2D eigenvalue weighted by Crippen LogP contribution is -2.49. The molecule has 8 nitrogen and oxygen atoms in total. The van der Waals surface area contributed by atoms with Crippen LogP contribution in [0.15, 0.2) is 72.6 Å². The minimum Gasteiger partial charge on any atom is -0.466 e. The molecule has 2 aliphatic rings. The Morgan fingerprint density at radius 3 is 2.31 bits per heavy atom. The van der Waals surface area contributed by atoms with Crippen LogP contribution in [0, 0.1) is 0 Å². The third-order valence-corrected chi connectivity index (χ3v) is 5.99. The van der Waals surface area contributed by atoms with Crippen molar-refractivity contribution in [3.63, 3.8) is 0 Å². The van der Waals surface area contributed by atoms with Gasteiger partial charge < -0.3 is 19.1 Å². The number of rotatable bonds is 5. The van der Waals surface area contributed by atoms with Gasteiger partial charge in [-0.3, -0.25) is 0 Å². The lowest BCUT2D eigenvalue weighted by molar-refractivity contribution is -0.142. The van der Waals surface area contributed by atoms with Gasteiger partial charge in [-0.25, -0.2) is 19.3 Å². The van der Waals surface area contributed by atoms with Crippen LogP contribution in [-0.4, -0.2) is 55.8 Å². The van der Waals surface area contributed by atoms with E-state index in [-0.39, 0.29) is 11.3 Å². The molecule has 0 aliphatic carbocycles. The molecule has 1 spiro atoms. The van der Waals surface area contributed by atoms with Gasteiger partial charge in [0, 0.05) is 18.8 Å². The molecular weight excluding hydrogens is 448 g/mol. The van der Waals surface area contributed by atoms with E-state index in [4.69, 9.17) is 14.2 Å². The van der Waals surface area contributed by atoms with E-state index in [0.717, 1.165) is 0 Å². The van der Waals surface area contributed by atoms with E-state index in [1.807, 2.05) is 12.1 Å². The maximum absolute atomic E-state index is 13.5. The zero-order valence-electron chi connectivity index (χ0n) is 20.9. The Bertz CT molecular complexity index is 1130. The maximum atomic E-state index is 13.5. The number of para-hydroxylation sites is 1. The highest BCUT2D eigenvalue weighted by atomic mass is 16.6. The summed E-state index contributed by atoms with van der Waals surface area (Å²) in [5.41, 5.74) is -0.102. The van der Waals surface area contributed by atoms with Gasteiger partial charge in [-0.2, -0.15) is 0 Å². The summed E-state index contributed by atoms with van der Waals surface area (Å²) < 4.78 is 16.0. The second-order valence-electron chi connectivity index (χ2n) is 9.22. The molecule has 2 heterocycles. The molecule has 1 aromatic carbocycles. The lowest BCUT2D eigenvalue weighted by Gasteiger charge is -2.42. The van der Waals surface area contributed by atoms with Crippen LogP contribution < -0.4 is 4.90 Å². The summed E-state index contributed by atoms with van der Waals surface area (Å²) in [5.74, 6) is -1.38. The van der Waals surface area contributed by atoms with Crippen molar-refractivity contribution in [2.45, 2.75) is 38.2 Å². The van der Waals surface area contributed by atoms with Crippen LogP contribution in [0.4, 0.5) is 10.5 Å². The van der Waals surface area contributed by atoms with Crippen LogP contribution in [0.1, 0.15) is 32.8 Å². The van der Waals surface area contributed by atoms with Crippen LogP contribution in [-0.2, 0) is 29.2 Å². The third kappa shape index (κ3) is 4.36. The van der Waals surface area contributed by atoms with Gasteiger partial charge in [0.05, 0.1) is 30.9 Å². The van der Waals surface area contributed by atoms with E-state index in [2.05, 4.69) is 13.2 Å². The molecule has 1 unspecified atom stereocenters. The molecule has 0 saturated heterocycles. The number of methoxy groups -OCH3 is 2.